The second-order valence-corrected chi connectivity index (χ2v) is 5.36. The smallest absolute Gasteiger partial charge is 0.340 e. The third-order valence-electron chi connectivity index (χ3n) is 3.92. The van der Waals surface area contributed by atoms with Crippen LogP contribution < -0.4 is 17.7 Å². The number of carbonyl (C=O) groups excluding carboxylic acids is 1. The molecule has 0 aliphatic carbocycles. The van der Waals surface area contributed by atoms with Crippen molar-refractivity contribution in [3.05, 3.63) is 22.9 Å². The number of carbonyl (C=O) groups is 1. The molecule has 0 amide bonds. The first-order valence-electron chi connectivity index (χ1n) is 6.44. The Morgan fingerprint density at radius 1 is 1.62 bits per heavy atom. The number of rotatable bonds is 2. The highest BCUT2D eigenvalue weighted by Crippen LogP contribution is 2.41. The van der Waals surface area contributed by atoms with Gasteiger partial charge in [-0.1, -0.05) is 0 Å². The number of esters is 1. The number of phenols is 1. The number of methoxy groups -OCH3 is 1. The summed E-state index contributed by atoms with van der Waals surface area (Å²) in [5.41, 5.74) is 3.73. The van der Waals surface area contributed by atoms with Gasteiger partial charge in [0.2, 0.25) is 0 Å². The molecule has 0 saturated heterocycles. The average molecular weight is 331 g/mol. The van der Waals surface area contributed by atoms with Crippen LogP contribution >= 0.6 is 11.6 Å². The third-order valence-corrected chi connectivity index (χ3v) is 4.30. The molecule has 0 fully saturated rings. The van der Waals surface area contributed by atoms with E-state index < -0.39 is 5.97 Å². The van der Waals surface area contributed by atoms with Crippen molar-refractivity contribution in [1.82, 2.24) is 4.98 Å². The summed E-state index contributed by atoms with van der Waals surface area (Å²) in [7, 11) is 1.36. The van der Waals surface area contributed by atoms with Gasteiger partial charge in [-0.05, 0) is 6.92 Å². The number of hydrogen-bond donors (Lipinski definition) is 3. The first kappa shape index (κ1) is 15.9. The number of fused-ring (bicyclic) bond motifs is 3. The van der Waals surface area contributed by atoms with E-state index in [1.807, 2.05) is 5.32 Å². The van der Waals surface area contributed by atoms with E-state index in [9.17, 15) is 9.90 Å². The Balaban J connectivity index is 0.00000161. The maximum atomic E-state index is 12.0. The minimum atomic E-state index is -0.401. The lowest BCUT2D eigenvalue weighted by atomic mass is 9.95. The molecule has 1 aliphatic heterocycles. The molecule has 4 N–H and O–H groups in total. The lowest BCUT2D eigenvalue weighted by Crippen LogP contribution is -3.00. The van der Waals surface area contributed by atoms with E-state index in [-0.39, 0.29) is 24.1 Å². The minimum absolute atomic E-state index is 0. The molecule has 2 heterocycles. The lowest BCUT2D eigenvalue weighted by molar-refractivity contribution is -0.563. The maximum absolute atomic E-state index is 12.0. The van der Waals surface area contributed by atoms with Crippen molar-refractivity contribution in [2.24, 2.45) is 0 Å². The number of quaternary nitrogens is 1. The highest BCUT2D eigenvalue weighted by molar-refractivity contribution is 6.19. The van der Waals surface area contributed by atoms with Crippen molar-refractivity contribution >= 4 is 34.2 Å². The molecule has 21 heavy (non-hydrogen) atoms. The topological polar surface area (TPSA) is 78.9 Å². The summed E-state index contributed by atoms with van der Waals surface area (Å²) in [5.74, 6) is 0.382. The van der Waals surface area contributed by atoms with Crippen molar-refractivity contribution in [3.63, 3.8) is 0 Å². The zero-order chi connectivity index (χ0) is 14.4. The number of alkyl halides is 1. The normalized spacial score (nSPS) is 16.6. The number of phenolic OH excluding ortho intramolecular Hbond substituents is 1. The molecule has 3 rings (SSSR count). The number of halogens is 2. The van der Waals surface area contributed by atoms with Crippen LogP contribution in [0.15, 0.2) is 6.07 Å². The maximum Gasteiger partial charge on any atom is 0.340 e. The van der Waals surface area contributed by atoms with Crippen LogP contribution in [0.3, 0.4) is 0 Å². The molecule has 114 valence electrons. The molecule has 5 nitrogen and oxygen atoms in total. The van der Waals surface area contributed by atoms with Gasteiger partial charge in [0.05, 0.1) is 30.7 Å². The summed E-state index contributed by atoms with van der Waals surface area (Å²) in [6, 6.07) is 1.72. The van der Waals surface area contributed by atoms with Gasteiger partial charge in [-0.3, -0.25) is 0 Å². The number of benzene rings is 1. The van der Waals surface area contributed by atoms with Crippen molar-refractivity contribution in [2.45, 2.75) is 12.8 Å². The van der Waals surface area contributed by atoms with Gasteiger partial charge in [0.15, 0.2) is 0 Å². The Kier molecular flexibility index (Phi) is 4.37. The quantitative estimate of drug-likeness (QED) is 0.356. The van der Waals surface area contributed by atoms with E-state index >= 15 is 0 Å². The summed E-state index contributed by atoms with van der Waals surface area (Å²) >= 11 is 6.04. The van der Waals surface area contributed by atoms with Gasteiger partial charge in [-0.2, -0.15) is 0 Å². The number of aromatic amines is 1. The molecule has 1 aromatic carbocycles. The van der Waals surface area contributed by atoms with Crippen LogP contribution in [0.25, 0.3) is 10.9 Å². The SMILES string of the molecule is COC(=O)c1c(C)[nH]c2c(O)cc3c(c12)[C@H](CCl)C[NH2+]3.[Cl-]. The fraction of sp³-hybridized carbons (Fsp3) is 0.357. The van der Waals surface area contributed by atoms with Crippen molar-refractivity contribution in [1.29, 1.82) is 0 Å². The highest BCUT2D eigenvalue weighted by atomic mass is 35.5. The number of ether oxygens (including phenoxy) is 1. The van der Waals surface area contributed by atoms with Crippen molar-refractivity contribution in [2.75, 3.05) is 19.5 Å². The predicted octanol–water partition coefficient (Wildman–Crippen LogP) is -1.50. The summed E-state index contributed by atoms with van der Waals surface area (Å²) in [5, 5.41) is 12.9. The summed E-state index contributed by atoms with van der Waals surface area (Å²) in [6.45, 7) is 2.62. The second kappa shape index (κ2) is 5.75. The van der Waals surface area contributed by atoms with E-state index in [2.05, 4.69) is 4.98 Å². The van der Waals surface area contributed by atoms with Crippen LogP contribution in [-0.4, -0.2) is 35.6 Å². The Morgan fingerprint density at radius 3 is 2.95 bits per heavy atom. The Morgan fingerprint density at radius 2 is 2.33 bits per heavy atom. The first-order chi connectivity index (χ1) is 9.58. The van der Waals surface area contributed by atoms with Crippen molar-refractivity contribution < 1.29 is 32.4 Å². The third kappa shape index (κ3) is 2.25. The van der Waals surface area contributed by atoms with E-state index in [0.29, 0.717) is 22.7 Å². The zero-order valence-electron chi connectivity index (χ0n) is 11.7. The van der Waals surface area contributed by atoms with Crippen LogP contribution in [0.5, 0.6) is 5.75 Å². The molecule has 1 aromatic heterocycles. The number of nitrogens with one attached hydrogen (secondary N) is 1. The fourth-order valence-electron chi connectivity index (χ4n) is 3.02. The Labute approximate surface area is 133 Å². The molecule has 2 aromatic rings. The molecule has 0 saturated carbocycles. The van der Waals surface area contributed by atoms with Crippen LogP contribution in [0.2, 0.25) is 0 Å². The summed E-state index contributed by atoms with van der Waals surface area (Å²) in [6.07, 6.45) is 0. The molecule has 0 bridgehead atoms. The number of H-pyrrole nitrogens is 1. The number of aryl methyl sites for hydroxylation is 1. The van der Waals surface area contributed by atoms with Crippen LogP contribution in [0, 0.1) is 6.92 Å². The standard InChI is InChI=1S/C14H15ClN2O3.ClH/c1-6-10(14(19)20-2)12-11-7(4-15)5-16-8(11)3-9(18)13(12)17-6;/h3,7,16-18H,4-5H2,1-2H3;1H/t7-;/m1./s1. The zero-order valence-corrected chi connectivity index (χ0v) is 13.2. The largest absolute Gasteiger partial charge is 1.00 e. The molecule has 7 heteroatoms. The summed E-state index contributed by atoms with van der Waals surface area (Å²) < 4.78 is 4.87. The van der Waals surface area contributed by atoms with E-state index in [1.54, 1.807) is 13.0 Å². The monoisotopic (exact) mass is 330 g/mol. The van der Waals surface area contributed by atoms with Crippen LogP contribution in [-0.2, 0) is 4.74 Å². The van der Waals surface area contributed by atoms with Crippen molar-refractivity contribution in [3.8, 4) is 5.75 Å². The van der Waals surface area contributed by atoms with Gasteiger partial charge in [0.1, 0.15) is 11.4 Å². The van der Waals surface area contributed by atoms with Gasteiger partial charge >= 0.3 is 5.97 Å². The minimum Gasteiger partial charge on any atom is -1.00 e. The molecule has 0 radical (unpaired) electrons. The lowest BCUT2D eigenvalue weighted by Gasteiger charge is -2.07. The first-order valence-corrected chi connectivity index (χ1v) is 6.97. The van der Waals surface area contributed by atoms with Gasteiger partial charge in [-0.15, -0.1) is 11.6 Å². The fourth-order valence-corrected chi connectivity index (χ4v) is 3.30. The summed E-state index contributed by atoms with van der Waals surface area (Å²) in [4.78, 5) is 15.1. The Bertz CT molecular complexity index is 712. The molecule has 0 unspecified atom stereocenters. The molecule has 1 aliphatic rings. The Hall–Kier alpha value is -1.43. The van der Waals surface area contributed by atoms with E-state index in [4.69, 9.17) is 16.3 Å². The number of hydrogen-bond acceptors (Lipinski definition) is 3. The van der Waals surface area contributed by atoms with Gasteiger partial charge in [0.25, 0.3) is 0 Å². The van der Waals surface area contributed by atoms with Gasteiger partial charge in [0, 0.05) is 28.6 Å². The molecular weight excluding hydrogens is 315 g/mol. The number of aromatic hydroxyl groups is 1. The van der Waals surface area contributed by atoms with Gasteiger partial charge < -0.3 is 32.6 Å². The van der Waals surface area contributed by atoms with Crippen LogP contribution in [0.1, 0.15) is 27.5 Å². The van der Waals surface area contributed by atoms with Gasteiger partial charge in [-0.25, -0.2) is 4.79 Å². The molecular formula is C14H16Cl2N2O3. The highest BCUT2D eigenvalue weighted by Gasteiger charge is 2.33. The molecule has 0 spiro atoms. The number of aromatic nitrogens is 1. The predicted molar refractivity (Wildman–Crippen MR) is 76.0 cm³/mol. The average Bonchev–Trinajstić information content (AvgIpc) is 2.98. The van der Waals surface area contributed by atoms with E-state index in [1.165, 1.54) is 7.11 Å². The second-order valence-electron chi connectivity index (χ2n) is 5.06. The number of nitrogens with two attached hydrogens (primary N) is 1. The van der Waals surface area contributed by atoms with E-state index in [0.717, 1.165) is 23.2 Å². The molecule has 1 atom stereocenters. The van der Waals surface area contributed by atoms with Crippen LogP contribution in [0.4, 0.5) is 5.69 Å².